The van der Waals surface area contributed by atoms with E-state index in [-0.39, 0.29) is 12.0 Å². The molecule has 1 aliphatic carbocycles. The van der Waals surface area contributed by atoms with E-state index in [0.717, 1.165) is 5.69 Å². The minimum Gasteiger partial charge on any atom is -0.461 e. The summed E-state index contributed by atoms with van der Waals surface area (Å²) in [7, 11) is 1.91. The van der Waals surface area contributed by atoms with Gasteiger partial charge in [0.2, 0.25) is 0 Å². The van der Waals surface area contributed by atoms with Gasteiger partial charge in [-0.15, -0.1) is 0 Å². The molecule has 1 saturated carbocycles. The molecule has 2 aromatic rings. The van der Waals surface area contributed by atoms with Crippen molar-refractivity contribution >= 4 is 11.7 Å². The quantitative estimate of drug-likeness (QED) is 0.860. The molecule has 0 saturated heterocycles. The average Bonchev–Trinajstić information content (AvgIpc) is 3.22. The van der Waals surface area contributed by atoms with Gasteiger partial charge in [-0.1, -0.05) is 24.1 Å². The van der Waals surface area contributed by atoms with Crippen LogP contribution in [0, 0.1) is 12.8 Å². The molecule has 1 aliphatic heterocycles. The third-order valence-corrected chi connectivity index (χ3v) is 5.63. The summed E-state index contributed by atoms with van der Waals surface area (Å²) in [4.78, 5) is 12.0. The predicted molar refractivity (Wildman–Crippen MR) is 96.8 cm³/mol. The van der Waals surface area contributed by atoms with E-state index in [9.17, 15) is 4.79 Å². The van der Waals surface area contributed by atoms with Crippen molar-refractivity contribution in [3.63, 3.8) is 0 Å². The van der Waals surface area contributed by atoms with Crippen LogP contribution in [0.4, 0.5) is 5.69 Å². The normalized spacial score (nSPS) is 24.4. The van der Waals surface area contributed by atoms with Crippen molar-refractivity contribution in [3.05, 3.63) is 46.8 Å². The van der Waals surface area contributed by atoms with Gasteiger partial charge in [-0.25, -0.2) is 4.79 Å². The lowest BCUT2D eigenvalue weighted by Gasteiger charge is -2.37. The maximum atomic E-state index is 12.0. The van der Waals surface area contributed by atoms with E-state index in [1.54, 1.807) is 0 Å². The molecule has 4 rings (SSSR count). The van der Waals surface area contributed by atoms with Crippen LogP contribution < -0.4 is 5.32 Å². The van der Waals surface area contributed by atoms with Crippen LogP contribution in [0.5, 0.6) is 0 Å². The molecule has 5 heteroatoms. The molecule has 0 radical (unpaired) electrons. The number of carbonyl (C=O) groups is 1. The predicted octanol–water partition coefficient (Wildman–Crippen LogP) is 3.96. The summed E-state index contributed by atoms with van der Waals surface area (Å²) in [6, 6.07) is 8.75. The van der Waals surface area contributed by atoms with Gasteiger partial charge in [0.05, 0.1) is 18.3 Å². The van der Waals surface area contributed by atoms with Gasteiger partial charge in [0, 0.05) is 12.7 Å². The number of ether oxygens (including phenoxy) is 1. The van der Waals surface area contributed by atoms with Crippen LogP contribution in [0.1, 0.15) is 65.5 Å². The first-order valence-electron chi connectivity index (χ1n) is 9.16. The number of nitrogens with zero attached hydrogens (tertiary/aromatic N) is 2. The standard InChI is InChI=1S/C20H25N3O2/c1-4-25-20(24)17-11-18(23(3)22-17)19-14-7-5-6-13(14)15-10-12(2)8-9-16(15)21-19/h8-11,13-14,19,21H,4-7H2,1-3H3/t13-,14+,19-/m1/s1. The fraction of sp³-hybridized carbons (Fsp3) is 0.500. The van der Waals surface area contributed by atoms with Gasteiger partial charge in [-0.2, -0.15) is 5.10 Å². The molecule has 1 fully saturated rings. The van der Waals surface area contributed by atoms with Crippen LogP contribution in [0.2, 0.25) is 0 Å². The van der Waals surface area contributed by atoms with Gasteiger partial charge in [-0.3, -0.25) is 4.68 Å². The molecule has 132 valence electrons. The summed E-state index contributed by atoms with van der Waals surface area (Å²) >= 11 is 0. The Kier molecular flexibility index (Phi) is 4.02. The maximum Gasteiger partial charge on any atom is 0.358 e. The molecule has 0 amide bonds. The molecule has 0 spiro atoms. The zero-order valence-corrected chi connectivity index (χ0v) is 15.1. The van der Waals surface area contributed by atoms with Crippen LogP contribution in [-0.2, 0) is 11.8 Å². The van der Waals surface area contributed by atoms with E-state index in [4.69, 9.17) is 4.74 Å². The van der Waals surface area contributed by atoms with Gasteiger partial charge in [0.15, 0.2) is 5.69 Å². The van der Waals surface area contributed by atoms with Crippen molar-refractivity contribution < 1.29 is 9.53 Å². The van der Waals surface area contributed by atoms with Crippen molar-refractivity contribution in [2.45, 2.75) is 45.1 Å². The third-order valence-electron chi connectivity index (χ3n) is 5.63. The fourth-order valence-corrected chi connectivity index (χ4v) is 4.54. The smallest absolute Gasteiger partial charge is 0.358 e. The summed E-state index contributed by atoms with van der Waals surface area (Å²) in [5.74, 6) is 0.779. The van der Waals surface area contributed by atoms with Gasteiger partial charge in [0.25, 0.3) is 0 Å². The topological polar surface area (TPSA) is 56.1 Å². The molecule has 5 nitrogen and oxygen atoms in total. The zero-order valence-electron chi connectivity index (χ0n) is 15.1. The number of esters is 1. The number of hydrogen-bond donors (Lipinski definition) is 1. The van der Waals surface area contributed by atoms with Gasteiger partial charge in [-0.05, 0) is 56.2 Å². The minimum absolute atomic E-state index is 0.184. The van der Waals surface area contributed by atoms with Gasteiger partial charge in [0.1, 0.15) is 0 Å². The molecule has 0 bridgehead atoms. The second-order valence-electron chi connectivity index (χ2n) is 7.21. The lowest BCUT2D eigenvalue weighted by Crippen LogP contribution is -2.30. The highest BCUT2D eigenvalue weighted by atomic mass is 16.5. The third kappa shape index (κ3) is 2.71. The second-order valence-corrected chi connectivity index (χ2v) is 7.21. The number of hydrogen-bond acceptors (Lipinski definition) is 4. The molecule has 2 heterocycles. The molecule has 3 atom stereocenters. The van der Waals surface area contributed by atoms with E-state index < -0.39 is 0 Å². The Morgan fingerprint density at radius 3 is 3.00 bits per heavy atom. The first-order chi connectivity index (χ1) is 12.1. The largest absolute Gasteiger partial charge is 0.461 e. The number of carbonyl (C=O) groups excluding carboxylic acids is 1. The Hall–Kier alpha value is -2.30. The maximum absolute atomic E-state index is 12.0. The molecule has 25 heavy (non-hydrogen) atoms. The number of aromatic nitrogens is 2. The van der Waals surface area contributed by atoms with Crippen LogP contribution in [0.25, 0.3) is 0 Å². The van der Waals surface area contributed by atoms with Crippen LogP contribution in [0.3, 0.4) is 0 Å². The highest BCUT2D eigenvalue weighted by Crippen LogP contribution is 2.52. The monoisotopic (exact) mass is 339 g/mol. The first-order valence-corrected chi connectivity index (χ1v) is 9.16. The average molecular weight is 339 g/mol. The van der Waals surface area contributed by atoms with E-state index in [1.165, 1.54) is 36.1 Å². The molecular weight excluding hydrogens is 314 g/mol. The van der Waals surface area contributed by atoms with Crippen LogP contribution in [-0.4, -0.2) is 22.4 Å². The number of nitrogens with one attached hydrogen (secondary N) is 1. The summed E-state index contributed by atoms with van der Waals surface area (Å²) in [5, 5.41) is 8.11. The molecule has 1 aromatic heterocycles. The summed E-state index contributed by atoms with van der Waals surface area (Å²) in [6.07, 6.45) is 3.70. The summed E-state index contributed by atoms with van der Waals surface area (Å²) < 4.78 is 6.94. The lowest BCUT2D eigenvalue weighted by atomic mass is 9.78. The Bertz CT molecular complexity index is 811. The number of benzene rings is 1. The summed E-state index contributed by atoms with van der Waals surface area (Å²) in [5.41, 5.74) is 5.44. The molecule has 0 unspecified atom stereocenters. The van der Waals surface area contributed by atoms with Crippen molar-refractivity contribution in [1.29, 1.82) is 0 Å². The fourth-order valence-electron chi connectivity index (χ4n) is 4.54. The molecular formula is C20H25N3O2. The van der Waals surface area contributed by atoms with E-state index in [2.05, 4.69) is 35.5 Å². The summed E-state index contributed by atoms with van der Waals surface area (Å²) in [6.45, 7) is 4.33. The van der Waals surface area contributed by atoms with Crippen molar-refractivity contribution in [2.75, 3.05) is 11.9 Å². The van der Waals surface area contributed by atoms with Crippen molar-refractivity contribution in [2.24, 2.45) is 13.0 Å². The Balaban J connectivity index is 1.71. The first kappa shape index (κ1) is 16.2. The molecule has 1 N–H and O–H groups in total. The second kappa shape index (κ2) is 6.21. The number of fused-ring (bicyclic) bond motifs is 3. The molecule has 1 aromatic carbocycles. The minimum atomic E-state index is -0.348. The molecule has 2 aliphatic rings. The number of aryl methyl sites for hydroxylation is 2. The SMILES string of the molecule is CCOC(=O)c1cc([C@@H]2Nc3ccc(C)cc3[C@@H]3CCC[C@@H]32)n(C)n1. The number of anilines is 1. The lowest BCUT2D eigenvalue weighted by molar-refractivity contribution is 0.0518. The van der Waals surface area contributed by atoms with E-state index in [1.807, 2.05) is 24.7 Å². The highest BCUT2D eigenvalue weighted by Gasteiger charge is 2.41. The highest BCUT2D eigenvalue weighted by molar-refractivity contribution is 5.87. The van der Waals surface area contributed by atoms with E-state index >= 15 is 0 Å². The Morgan fingerprint density at radius 2 is 2.20 bits per heavy atom. The van der Waals surface area contributed by atoms with Crippen LogP contribution in [0.15, 0.2) is 24.3 Å². The number of rotatable bonds is 3. The Labute approximate surface area is 148 Å². The van der Waals surface area contributed by atoms with Gasteiger partial charge < -0.3 is 10.1 Å². The van der Waals surface area contributed by atoms with Crippen molar-refractivity contribution in [3.8, 4) is 0 Å². The van der Waals surface area contributed by atoms with E-state index in [0.29, 0.717) is 24.1 Å². The van der Waals surface area contributed by atoms with Crippen molar-refractivity contribution in [1.82, 2.24) is 9.78 Å². The Morgan fingerprint density at radius 1 is 1.36 bits per heavy atom. The zero-order chi connectivity index (χ0) is 17.6. The van der Waals surface area contributed by atoms with Gasteiger partial charge >= 0.3 is 5.97 Å². The van der Waals surface area contributed by atoms with Crippen LogP contribution >= 0.6 is 0 Å².